The van der Waals surface area contributed by atoms with E-state index in [2.05, 4.69) is 10.6 Å². The number of rotatable bonds is 5. The normalized spacial score (nSPS) is 15.7. The Balaban J connectivity index is 1.61. The number of nitro benzene ring substituents is 1. The fourth-order valence-corrected chi connectivity index (χ4v) is 2.89. The van der Waals surface area contributed by atoms with Crippen molar-refractivity contribution in [2.45, 2.75) is 19.3 Å². The summed E-state index contributed by atoms with van der Waals surface area (Å²) in [5.41, 5.74) is 1.21. The molecule has 0 radical (unpaired) electrons. The van der Waals surface area contributed by atoms with Crippen molar-refractivity contribution in [3.05, 3.63) is 64.0 Å². The number of amides is 2. The topological polar surface area (TPSA) is 101 Å². The molecule has 1 unspecified atom stereocenters. The first kappa shape index (κ1) is 17.5. The van der Waals surface area contributed by atoms with Crippen molar-refractivity contribution in [3.8, 4) is 0 Å². The number of nitro groups is 1. The van der Waals surface area contributed by atoms with Gasteiger partial charge >= 0.3 is 0 Å². The molecule has 1 aliphatic rings. The molecule has 0 aromatic heterocycles. The second kappa shape index (κ2) is 7.30. The first-order chi connectivity index (χ1) is 12.4. The Kier molecular flexibility index (Phi) is 4.92. The van der Waals surface area contributed by atoms with Gasteiger partial charge in [0.2, 0.25) is 11.8 Å². The highest BCUT2D eigenvalue weighted by Crippen LogP contribution is 2.28. The van der Waals surface area contributed by atoms with E-state index in [4.69, 9.17) is 0 Å². The van der Waals surface area contributed by atoms with Crippen molar-refractivity contribution in [1.29, 1.82) is 0 Å². The van der Waals surface area contributed by atoms with Gasteiger partial charge in [-0.1, -0.05) is 18.2 Å². The molecule has 26 heavy (non-hydrogen) atoms. The Morgan fingerprint density at radius 3 is 2.85 bits per heavy atom. The number of nitrogens with one attached hydrogen (secondary N) is 2. The Morgan fingerprint density at radius 1 is 1.31 bits per heavy atom. The van der Waals surface area contributed by atoms with Crippen LogP contribution in [0.15, 0.2) is 42.5 Å². The number of carbonyl (C=O) groups is 2. The molecule has 2 aromatic rings. The average Bonchev–Trinajstić information content (AvgIpc) is 2.61. The van der Waals surface area contributed by atoms with Gasteiger partial charge in [0.25, 0.3) is 5.69 Å². The highest BCUT2D eigenvalue weighted by atomic mass is 19.1. The summed E-state index contributed by atoms with van der Waals surface area (Å²) in [7, 11) is 0. The molecule has 0 bridgehead atoms. The number of anilines is 2. The van der Waals surface area contributed by atoms with Crippen molar-refractivity contribution >= 4 is 28.9 Å². The standard InChI is InChI=1S/C18H16FN3O4/c19-14-7-6-13(22(25)26)10-16(14)20-17(23)8-5-12-9-11-3-1-2-4-15(11)21-18(12)24/h1-4,6-7,10,12H,5,8-9H2,(H,20,23)(H,21,24). The SMILES string of the molecule is O=C(CCC1Cc2ccccc2NC1=O)Nc1cc([N+](=O)[O-])ccc1F. The molecule has 7 nitrogen and oxygen atoms in total. The van der Waals surface area contributed by atoms with E-state index in [1.54, 1.807) is 0 Å². The third kappa shape index (κ3) is 3.85. The van der Waals surface area contributed by atoms with E-state index in [9.17, 15) is 24.1 Å². The predicted octanol–water partition coefficient (Wildman–Crippen LogP) is 3.26. The van der Waals surface area contributed by atoms with Crippen LogP contribution < -0.4 is 10.6 Å². The maximum atomic E-state index is 13.7. The summed E-state index contributed by atoms with van der Waals surface area (Å²) in [5, 5.41) is 15.9. The monoisotopic (exact) mass is 357 g/mol. The minimum Gasteiger partial charge on any atom is -0.326 e. The molecule has 0 aliphatic carbocycles. The maximum absolute atomic E-state index is 13.7. The number of hydrogen-bond acceptors (Lipinski definition) is 4. The van der Waals surface area contributed by atoms with Gasteiger partial charge in [-0.15, -0.1) is 0 Å². The van der Waals surface area contributed by atoms with Crippen LogP contribution >= 0.6 is 0 Å². The van der Waals surface area contributed by atoms with Crippen LogP contribution in [-0.4, -0.2) is 16.7 Å². The van der Waals surface area contributed by atoms with E-state index in [-0.39, 0.29) is 29.6 Å². The van der Waals surface area contributed by atoms with Gasteiger partial charge in [0.15, 0.2) is 0 Å². The lowest BCUT2D eigenvalue weighted by atomic mass is 9.89. The minimum absolute atomic E-state index is 0.00237. The van der Waals surface area contributed by atoms with Crippen LogP contribution in [0.5, 0.6) is 0 Å². The van der Waals surface area contributed by atoms with Crippen LogP contribution in [0.3, 0.4) is 0 Å². The molecule has 0 saturated carbocycles. The average molecular weight is 357 g/mol. The molecule has 2 aromatic carbocycles. The van der Waals surface area contributed by atoms with Crippen molar-refractivity contribution in [2.75, 3.05) is 10.6 Å². The van der Waals surface area contributed by atoms with E-state index in [0.29, 0.717) is 12.8 Å². The zero-order valence-electron chi connectivity index (χ0n) is 13.7. The zero-order valence-corrected chi connectivity index (χ0v) is 13.7. The summed E-state index contributed by atoms with van der Waals surface area (Å²) in [6.07, 6.45) is 0.825. The van der Waals surface area contributed by atoms with Gasteiger partial charge < -0.3 is 10.6 Å². The molecule has 0 saturated heterocycles. The fraction of sp³-hybridized carbons (Fsp3) is 0.222. The Labute approximate surface area is 148 Å². The number of carbonyl (C=O) groups excluding carboxylic acids is 2. The predicted molar refractivity (Wildman–Crippen MR) is 93.2 cm³/mol. The summed E-state index contributed by atoms with van der Waals surface area (Å²) in [5.74, 6) is -1.77. The fourth-order valence-electron chi connectivity index (χ4n) is 2.89. The maximum Gasteiger partial charge on any atom is 0.271 e. The first-order valence-corrected chi connectivity index (χ1v) is 8.06. The lowest BCUT2D eigenvalue weighted by Gasteiger charge is -2.24. The quantitative estimate of drug-likeness (QED) is 0.633. The molecule has 1 heterocycles. The van der Waals surface area contributed by atoms with Crippen LogP contribution in [-0.2, 0) is 16.0 Å². The van der Waals surface area contributed by atoms with Gasteiger partial charge in [-0.3, -0.25) is 19.7 Å². The van der Waals surface area contributed by atoms with E-state index in [1.807, 2.05) is 24.3 Å². The van der Waals surface area contributed by atoms with Crippen LogP contribution in [0.4, 0.5) is 21.5 Å². The van der Waals surface area contributed by atoms with Gasteiger partial charge in [0, 0.05) is 30.2 Å². The van der Waals surface area contributed by atoms with Crippen molar-refractivity contribution in [2.24, 2.45) is 5.92 Å². The number of non-ortho nitro benzene ring substituents is 1. The Morgan fingerprint density at radius 2 is 2.08 bits per heavy atom. The summed E-state index contributed by atoms with van der Waals surface area (Å²) in [4.78, 5) is 34.3. The molecule has 0 spiro atoms. The van der Waals surface area contributed by atoms with Gasteiger partial charge in [-0.05, 0) is 30.5 Å². The van der Waals surface area contributed by atoms with Crippen LogP contribution in [0.1, 0.15) is 18.4 Å². The molecule has 3 rings (SSSR count). The third-order valence-electron chi connectivity index (χ3n) is 4.27. The van der Waals surface area contributed by atoms with Crippen molar-refractivity contribution in [1.82, 2.24) is 0 Å². The lowest BCUT2D eigenvalue weighted by molar-refractivity contribution is -0.384. The molecular weight excluding hydrogens is 341 g/mol. The number of fused-ring (bicyclic) bond motifs is 1. The van der Waals surface area contributed by atoms with Crippen molar-refractivity contribution in [3.63, 3.8) is 0 Å². The summed E-state index contributed by atoms with van der Waals surface area (Å²) < 4.78 is 13.7. The van der Waals surface area contributed by atoms with Crippen molar-refractivity contribution < 1.29 is 18.9 Å². The van der Waals surface area contributed by atoms with Crippen LogP contribution in [0.25, 0.3) is 0 Å². The van der Waals surface area contributed by atoms with Crippen LogP contribution in [0.2, 0.25) is 0 Å². The highest BCUT2D eigenvalue weighted by Gasteiger charge is 2.26. The summed E-state index contributed by atoms with van der Waals surface area (Å²) in [6.45, 7) is 0. The first-order valence-electron chi connectivity index (χ1n) is 8.06. The van der Waals surface area contributed by atoms with Crippen LogP contribution in [0, 0.1) is 21.8 Å². The smallest absolute Gasteiger partial charge is 0.271 e. The molecule has 1 aliphatic heterocycles. The number of nitrogens with zero attached hydrogens (tertiary/aromatic N) is 1. The second-order valence-electron chi connectivity index (χ2n) is 6.06. The summed E-state index contributed by atoms with van der Waals surface area (Å²) in [6, 6.07) is 10.4. The van der Waals surface area contributed by atoms with Gasteiger partial charge in [-0.2, -0.15) is 0 Å². The molecular formula is C18H16FN3O4. The Hall–Kier alpha value is -3.29. The van der Waals surface area contributed by atoms with E-state index in [1.165, 1.54) is 0 Å². The third-order valence-corrected chi connectivity index (χ3v) is 4.27. The zero-order chi connectivity index (χ0) is 18.7. The van der Waals surface area contributed by atoms with E-state index < -0.39 is 16.6 Å². The second-order valence-corrected chi connectivity index (χ2v) is 6.06. The number of halogens is 1. The van der Waals surface area contributed by atoms with Gasteiger partial charge in [-0.25, -0.2) is 4.39 Å². The number of benzene rings is 2. The Bertz CT molecular complexity index is 884. The molecule has 8 heteroatoms. The highest BCUT2D eigenvalue weighted by molar-refractivity contribution is 5.96. The number of hydrogen-bond donors (Lipinski definition) is 2. The largest absolute Gasteiger partial charge is 0.326 e. The lowest BCUT2D eigenvalue weighted by Crippen LogP contribution is -2.30. The molecule has 0 fully saturated rings. The molecule has 2 amide bonds. The van der Waals surface area contributed by atoms with E-state index in [0.717, 1.165) is 29.4 Å². The van der Waals surface area contributed by atoms with Gasteiger partial charge in [0.05, 0.1) is 10.6 Å². The molecule has 2 N–H and O–H groups in total. The summed E-state index contributed by atoms with van der Waals surface area (Å²) >= 11 is 0. The molecule has 1 atom stereocenters. The van der Waals surface area contributed by atoms with Gasteiger partial charge in [0.1, 0.15) is 5.82 Å². The molecule has 134 valence electrons. The van der Waals surface area contributed by atoms with E-state index >= 15 is 0 Å². The minimum atomic E-state index is -0.756. The number of para-hydroxylation sites is 1.